The maximum absolute atomic E-state index is 5.83. The van der Waals surface area contributed by atoms with E-state index in [0.717, 1.165) is 5.39 Å². The highest BCUT2D eigenvalue weighted by molar-refractivity contribution is 6.30. The quantitative estimate of drug-likeness (QED) is 0.581. The summed E-state index contributed by atoms with van der Waals surface area (Å²) in [6.45, 7) is 4.21. The Hall–Kier alpha value is -1.08. The van der Waals surface area contributed by atoms with Crippen LogP contribution in [0.25, 0.3) is 10.8 Å². The van der Waals surface area contributed by atoms with Crippen molar-refractivity contribution in [1.29, 1.82) is 0 Å². The SMILES string of the molecule is Cc1ccc2cnc(Cl)cc2c1C. The first-order chi connectivity index (χ1) is 6.18. The van der Waals surface area contributed by atoms with Crippen molar-refractivity contribution in [3.8, 4) is 0 Å². The van der Waals surface area contributed by atoms with Crippen LogP contribution in [-0.2, 0) is 0 Å². The fraction of sp³-hybridized carbons (Fsp3) is 0.182. The summed E-state index contributed by atoms with van der Waals surface area (Å²) >= 11 is 5.83. The Kier molecular flexibility index (Phi) is 1.97. The van der Waals surface area contributed by atoms with Gasteiger partial charge in [0.2, 0.25) is 0 Å². The van der Waals surface area contributed by atoms with E-state index >= 15 is 0 Å². The smallest absolute Gasteiger partial charge is 0.129 e. The third-order valence-electron chi connectivity index (χ3n) is 2.41. The summed E-state index contributed by atoms with van der Waals surface area (Å²) in [6, 6.07) is 6.09. The molecule has 1 aromatic heterocycles. The summed E-state index contributed by atoms with van der Waals surface area (Å²) in [7, 11) is 0. The number of aromatic nitrogens is 1. The zero-order valence-corrected chi connectivity index (χ0v) is 8.39. The number of fused-ring (bicyclic) bond motifs is 1. The van der Waals surface area contributed by atoms with Gasteiger partial charge in [0.1, 0.15) is 5.15 Å². The molecular weight excluding hydrogens is 182 g/mol. The van der Waals surface area contributed by atoms with Gasteiger partial charge in [0.25, 0.3) is 0 Å². The van der Waals surface area contributed by atoms with Crippen LogP contribution in [0.5, 0.6) is 0 Å². The van der Waals surface area contributed by atoms with Gasteiger partial charge >= 0.3 is 0 Å². The van der Waals surface area contributed by atoms with Crippen molar-refractivity contribution in [2.75, 3.05) is 0 Å². The number of hydrogen-bond acceptors (Lipinski definition) is 1. The molecule has 0 aliphatic rings. The molecule has 1 heterocycles. The molecule has 0 radical (unpaired) electrons. The van der Waals surface area contributed by atoms with Crippen molar-refractivity contribution in [2.45, 2.75) is 13.8 Å². The number of aryl methyl sites for hydroxylation is 2. The average Bonchev–Trinajstić information content (AvgIpc) is 2.12. The van der Waals surface area contributed by atoms with E-state index in [1.807, 2.05) is 12.3 Å². The number of rotatable bonds is 0. The van der Waals surface area contributed by atoms with Crippen LogP contribution in [0, 0.1) is 13.8 Å². The van der Waals surface area contributed by atoms with Crippen molar-refractivity contribution < 1.29 is 0 Å². The first-order valence-corrected chi connectivity index (χ1v) is 4.58. The summed E-state index contributed by atoms with van der Waals surface area (Å²) < 4.78 is 0. The van der Waals surface area contributed by atoms with Crippen molar-refractivity contribution >= 4 is 22.4 Å². The van der Waals surface area contributed by atoms with E-state index in [1.54, 1.807) is 0 Å². The van der Waals surface area contributed by atoms with Crippen molar-refractivity contribution in [3.05, 3.63) is 40.7 Å². The van der Waals surface area contributed by atoms with E-state index in [2.05, 4.69) is 31.0 Å². The molecule has 13 heavy (non-hydrogen) atoms. The zero-order valence-electron chi connectivity index (χ0n) is 7.63. The van der Waals surface area contributed by atoms with Gasteiger partial charge in [-0.2, -0.15) is 0 Å². The number of benzene rings is 1. The molecule has 0 aliphatic heterocycles. The minimum atomic E-state index is 0.557. The van der Waals surface area contributed by atoms with Gasteiger partial charge in [0, 0.05) is 11.6 Å². The zero-order chi connectivity index (χ0) is 9.42. The lowest BCUT2D eigenvalue weighted by Gasteiger charge is -2.04. The Labute approximate surface area is 82.4 Å². The Morgan fingerprint density at radius 3 is 2.77 bits per heavy atom. The number of pyridine rings is 1. The third-order valence-corrected chi connectivity index (χ3v) is 2.62. The molecule has 0 bridgehead atoms. The average molecular weight is 192 g/mol. The molecular formula is C11H10ClN. The van der Waals surface area contributed by atoms with E-state index in [1.165, 1.54) is 16.5 Å². The molecule has 2 rings (SSSR count). The van der Waals surface area contributed by atoms with E-state index < -0.39 is 0 Å². The molecule has 0 aliphatic carbocycles. The number of hydrogen-bond donors (Lipinski definition) is 0. The van der Waals surface area contributed by atoms with Crippen molar-refractivity contribution in [1.82, 2.24) is 4.98 Å². The second-order valence-electron chi connectivity index (χ2n) is 3.24. The fourth-order valence-corrected chi connectivity index (χ4v) is 1.61. The predicted molar refractivity (Wildman–Crippen MR) is 56.2 cm³/mol. The molecule has 1 aromatic carbocycles. The highest BCUT2D eigenvalue weighted by atomic mass is 35.5. The lowest BCUT2D eigenvalue weighted by molar-refractivity contribution is 1.33. The fourth-order valence-electron chi connectivity index (χ4n) is 1.45. The van der Waals surface area contributed by atoms with E-state index in [9.17, 15) is 0 Å². The Morgan fingerprint density at radius 2 is 2.00 bits per heavy atom. The summed E-state index contributed by atoms with van der Waals surface area (Å²) in [5, 5.41) is 2.90. The van der Waals surface area contributed by atoms with E-state index in [4.69, 9.17) is 11.6 Å². The predicted octanol–water partition coefficient (Wildman–Crippen LogP) is 3.51. The molecule has 2 heteroatoms. The molecule has 0 N–H and O–H groups in total. The van der Waals surface area contributed by atoms with Crippen LogP contribution >= 0.6 is 11.6 Å². The maximum atomic E-state index is 5.83. The van der Waals surface area contributed by atoms with E-state index in [0.29, 0.717) is 5.15 Å². The second kappa shape index (κ2) is 3.00. The number of halogens is 1. The van der Waals surface area contributed by atoms with Crippen molar-refractivity contribution in [2.24, 2.45) is 0 Å². The highest BCUT2D eigenvalue weighted by Crippen LogP contribution is 2.22. The van der Waals surface area contributed by atoms with Gasteiger partial charge in [-0.1, -0.05) is 23.7 Å². The molecule has 1 nitrogen and oxygen atoms in total. The first kappa shape index (κ1) is 8.52. The Morgan fingerprint density at radius 1 is 1.23 bits per heavy atom. The van der Waals surface area contributed by atoms with Crippen LogP contribution in [0.15, 0.2) is 24.4 Å². The minimum Gasteiger partial charge on any atom is -0.244 e. The second-order valence-corrected chi connectivity index (χ2v) is 3.62. The molecule has 0 saturated carbocycles. The molecule has 66 valence electrons. The lowest BCUT2D eigenvalue weighted by atomic mass is 10.0. The Bertz CT molecular complexity index is 458. The molecule has 0 atom stereocenters. The summed E-state index contributed by atoms with van der Waals surface area (Å²) in [5.41, 5.74) is 2.57. The third kappa shape index (κ3) is 1.40. The van der Waals surface area contributed by atoms with Gasteiger partial charge in [0.05, 0.1) is 0 Å². The van der Waals surface area contributed by atoms with Crippen LogP contribution in [0.2, 0.25) is 5.15 Å². The van der Waals surface area contributed by atoms with Crippen LogP contribution in [-0.4, -0.2) is 4.98 Å². The standard InChI is InChI=1S/C11H10ClN/c1-7-3-4-9-6-13-11(12)5-10(9)8(7)2/h3-6H,1-2H3. The molecule has 0 saturated heterocycles. The molecule has 0 spiro atoms. The van der Waals surface area contributed by atoms with Gasteiger partial charge in [-0.3, -0.25) is 0 Å². The summed E-state index contributed by atoms with van der Waals surface area (Å²) in [4.78, 5) is 4.04. The molecule has 0 fully saturated rings. The van der Waals surface area contributed by atoms with Gasteiger partial charge in [-0.05, 0) is 36.4 Å². The van der Waals surface area contributed by atoms with Gasteiger partial charge in [-0.15, -0.1) is 0 Å². The summed E-state index contributed by atoms with van der Waals surface area (Å²) in [5.74, 6) is 0. The summed E-state index contributed by atoms with van der Waals surface area (Å²) in [6.07, 6.45) is 1.81. The van der Waals surface area contributed by atoms with Crippen LogP contribution in [0.4, 0.5) is 0 Å². The number of nitrogens with zero attached hydrogens (tertiary/aromatic N) is 1. The maximum Gasteiger partial charge on any atom is 0.129 e. The largest absolute Gasteiger partial charge is 0.244 e. The van der Waals surface area contributed by atoms with Crippen LogP contribution in [0.1, 0.15) is 11.1 Å². The first-order valence-electron chi connectivity index (χ1n) is 4.20. The lowest BCUT2D eigenvalue weighted by Crippen LogP contribution is -1.85. The topological polar surface area (TPSA) is 12.9 Å². The molecule has 0 unspecified atom stereocenters. The van der Waals surface area contributed by atoms with Gasteiger partial charge in [-0.25, -0.2) is 4.98 Å². The van der Waals surface area contributed by atoms with E-state index in [-0.39, 0.29) is 0 Å². The highest BCUT2D eigenvalue weighted by Gasteiger charge is 2.00. The van der Waals surface area contributed by atoms with Crippen LogP contribution in [0.3, 0.4) is 0 Å². The minimum absolute atomic E-state index is 0.557. The monoisotopic (exact) mass is 191 g/mol. The molecule has 2 aromatic rings. The molecule has 0 amide bonds. The van der Waals surface area contributed by atoms with Crippen LogP contribution < -0.4 is 0 Å². The van der Waals surface area contributed by atoms with Gasteiger partial charge < -0.3 is 0 Å². The Balaban J connectivity index is 2.89. The van der Waals surface area contributed by atoms with Crippen molar-refractivity contribution in [3.63, 3.8) is 0 Å². The normalized spacial score (nSPS) is 10.7. The van der Waals surface area contributed by atoms with Gasteiger partial charge in [0.15, 0.2) is 0 Å².